The highest BCUT2D eigenvalue weighted by molar-refractivity contribution is 5.77. The SMILES string of the molecule is CCCCCCCC/C=C\CCCCCCCCCCCCCCCC(=O)N[C@@H](CO[C@@H]1OC(CO)[C@@H](O[C@@H]2OC(CO)[C@H](O[C@@H]3OC(CO)[C@H](O)[C@H](O[C@@H]4OC(CO)[C@H](O)[C@H](O[C@]5(C(=O)O)CC(O)[C@@H](NC(C)=O)C([C@H](O)[C@H](O)CO)O5)C4O)C3NC(C)=O)[C@H](O)C2O)[C@H](O)C1O)[C@H](O)/C=C/CCCCCCCCCCCCC. The summed E-state index contributed by atoms with van der Waals surface area (Å²) < 4.78 is 59.0. The van der Waals surface area contributed by atoms with Gasteiger partial charge in [-0.05, 0) is 44.9 Å². The maximum atomic E-state index is 13.6. The van der Waals surface area contributed by atoms with E-state index >= 15 is 0 Å². The van der Waals surface area contributed by atoms with Gasteiger partial charge >= 0.3 is 5.97 Å². The molecule has 5 aliphatic heterocycles. The molecule has 0 aliphatic carbocycles. The van der Waals surface area contributed by atoms with Gasteiger partial charge in [-0.2, -0.15) is 0 Å². The first-order valence-electron chi connectivity index (χ1n) is 42.7. The number of ether oxygens (including phenoxy) is 10. The zero-order chi connectivity index (χ0) is 84.4. The third-order valence-electron chi connectivity index (χ3n) is 22.2. The van der Waals surface area contributed by atoms with Crippen molar-refractivity contribution in [2.24, 2.45) is 0 Å². The summed E-state index contributed by atoms with van der Waals surface area (Å²) in [5, 5.41) is 197. The zero-order valence-electron chi connectivity index (χ0n) is 68.2. The molecule has 0 spiro atoms. The van der Waals surface area contributed by atoms with Gasteiger partial charge < -0.3 is 150 Å². The predicted octanol–water partition coefficient (Wildman–Crippen LogP) is 1.85. The molecule has 34 heteroatoms. The van der Waals surface area contributed by atoms with Gasteiger partial charge in [0.25, 0.3) is 5.79 Å². The Morgan fingerprint density at radius 3 is 1.30 bits per heavy atom. The second-order valence-electron chi connectivity index (χ2n) is 31.7. The number of carbonyl (C=O) groups is 4. The normalized spacial score (nSPS) is 33.1. The Morgan fingerprint density at radius 1 is 0.452 bits per heavy atom. The summed E-state index contributed by atoms with van der Waals surface area (Å²) in [5.41, 5.74) is 0. The van der Waals surface area contributed by atoms with Crippen LogP contribution in [-0.4, -0.2) is 321 Å². The summed E-state index contributed by atoms with van der Waals surface area (Å²) in [6, 6.07) is -4.60. The van der Waals surface area contributed by atoms with Crippen LogP contribution in [-0.2, 0) is 66.5 Å². The minimum absolute atomic E-state index is 0.175. The van der Waals surface area contributed by atoms with Gasteiger partial charge in [0.05, 0.1) is 63.9 Å². The first-order valence-corrected chi connectivity index (χ1v) is 42.7. The average molecular weight is 1660 g/mol. The van der Waals surface area contributed by atoms with E-state index in [-0.39, 0.29) is 12.3 Å². The van der Waals surface area contributed by atoms with Gasteiger partial charge in [-0.25, -0.2) is 4.79 Å². The Kier molecular flexibility index (Phi) is 49.7. The fraction of sp³-hybridized carbons (Fsp3) is 0.901. The van der Waals surface area contributed by atoms with E-state index in [0.717, 1.165) is 65.2 Å². The average Bonchev–Trinajstić information content (AvgIpc) is 0.754. The molecule has 0 saturated carbocycles. The van der Waals surface area contributed by atoms with Crippen molar-refractivity contribution in [3.8, 4) is 0 Å². The van der Waals surface area contributed by atoms with Crippen LogP contribution in [0.25, 0.3) is 0 Å². The van der Waals surface area contributed by atoms with Crippen LogP contribution in [0.4, 0.5) is 0 Å². The first kappa shape index (κ1) is 102. The molecule has 5 fully saturated rings. The highest BCUT2D eigenvalue weighted by Gasteiger charge is 2.61. The minimum Gasteiger partial charge on any atom is -0.477 e. The number of aliphatic hydroxyl groups excluding tert-OH is 16. The summed E-state index contributed by atoms with van der Waals surface area (Å²) in [6.07, 6.45) is -2.27. The standard InChI is InChI=1S/C81H145N3O31/c1-5-7-9-11-13-15-17-19-20-21-22-23-24-25-26-27-28-30-32-34-36-38-40-42-60(95)84-52(53(92)41-39-37-35-33-31-29-18-16-14-12-10-8-6-2)49-106-77-68(101)66(99)72(58(47-88)109-77)112-78-69(102)67(100)71(59(48-89)110-78)111-76-62(83-51(4)91)73(64(97)56(45-86)107-76)113-79-70(103)75(65(98)57(46-87)108-79)115-81(80(104)105)43-54(93)61(82-50(3)90)74(114-81)63(96)55(94)44-85/h19-20,39,41,52-59,61-79,85-89,92-94,96-103H,5-18,21-38,40,42-49H2,1-4H3,(H,82,90)(H,83,91)(H,84,95)(H,104,105)/b20-19-,41-39+/t52-,53+,54?,55+,56?,57?,58?,59?,61+,62?,63+,64-,65-,66+,67+,68?,69?,70?,71-,72+,73+,74?,75-,76-,77+,78-,79-,81-/m0/s1. The van der Waals surface area contributed by atoms with Crippen LogP contribution < -0.4 is 16.0 Å². The summed E-state index contributed by atoms with van der Waals surface area (Å²) in [6.45, 7) is 0.664. The van der Waals surface area contributed by atoms with Crippen molar-refractivity contribution >= 4 is 23.7 Å². The van der Waals surface area contributed by atoms with Crippen molar-refractivity contribution in [2.45, 2.75) is 424 Å². The summed E-state index contributed by atoms with van der Waals surface area (Å²) >= 11 is 0. The van der Waals surface area contributed by atoms with Crippen molar-refractivity contribution in [2.75, 3.05) is 39.6 Å². The molecule has 0 aromatic heterocycles. The third kappa shape index (κ3) is 33.6. The summed E-state index contributed by atoms with van der Waals surface area (Å²) in [5.74, 6) is -7.35. The topological polar surface area (TPSA) is 541 Å². The highest BCUT2D eigenvalue weighted by atomic mass is 16.8. The first-order chi connectivity index (χ1) is 55.3. The van der Waals surface area contributed by atoms with Crippen LogP contribution in [0.3, 0.4) is 0 Å². The van der Waals surface area contributed by atoms with E-state index in [1.165, 1.54) is 148 Å². The molecule has 0 aromatic carbocycles. The number of carboxylic acid groups (broad SMARTS) is 1. The number of hydrogen-bond acceptors (Lipinski definition) is 30. The van der Waals surface area contributed by atoms with Crippen LogP contribution in [0, 0.1) is 0 Å². The minimum atomic E-state index is -3.21. The molecule has 5 aliphatic rings. The lowest BCUT2D eigenvalue weighted by Gasteiger charge is -2.51. The van der Waals surface area contributed by atoms with E-state index in [1.807, 2.05) is 6.08 Å². The van der Waals surface area contributed by atoms with Crippen molar-refractivity contribution in [3.05, 3.63) is 24.3 Å². The number of allylic oxidation sites excluding steroid dienone is 3. The molecule has 0 radical (unpaired) electrons. The molecule has 0 aromatic rings. The van der Waals surface area contributed by atoms with E-state index in [9.17, 15) is 106 Å². The number of rotatable bonds is 59. The quantitative estimate of drug-likeness (QED) is 0.0305. The number of amides is 3. The van der Waals surface area contributed by atoms with Crippen molar-refractivity contribution in [3.63, 3.8) is 0 Å². The Morgan fingerprint density at radius 2 is 0.843 bits per heavy atom. The number of carboxylic acids is 1. The van der Waals surface area contributed by atoms with E-state index in [0.29, 0.717) is 12.8 Å². The lowest BCUT2D eigenvalue weighted by Crippen LogP contribution is -2.71. The molecular formula is C81H145N3O31. The molecule has 10 unspecified atom stereocenters. The smallest absolute Gasteiger partial charge is 0.364 e. The van der Waals surface area contributed by atoms with Gasteiger partial charge in [0.15, 0.2) is 25.2 Å². The summed E-state index contributed by atoms with van der Waals surface area (Å²) in [4.78, 5) is 52.0. The Labute approximate surface area is 677 Å². The van der Waals surface area contributed by atoms with Gasteiger partial charge in [-0.15, -0.1) is 0 Å². The lowest BCUT2D eigenvalue weighted by molar-refractivity contribution is -0.389. The Balaban J connectivity index is 1.19. The van der Waals surface area contributed by atoms with Gasteiger partial charge in [0.1, 0.15) is 116 Å². The van der Waals surface area contributed by atoms with Gasteiger partial charge in [0.2, 0.25) is 17.7 Å². The molecule has 5 saturated heterocycles. The number of hydrogen-bond donors (Lipinski definition) is 20. The zero-order valence-corrected chi connectivity index (χ0v) is 68.2. The molecule has 670 valence electrons. The van der Waals surface area contributed by atoms with E-state index in [4.69, 9.17) is 47.4 Å². The van der Waals surface area contributed by atoms with Crippen LogP contribution in [0.5, 0.6) is 0 Å². The van der Waals surface area contributed by atoms with E-state index in [2.05, 4.69) is 41.9 Å². The number of carbonyl (C=O) groups excluding carboxylic acids is 3. The number of nitrogens with one attached hydrogen (secondary N) is 3. The van der Waals surface area contributed by atoms with Gasteiger partial charge in [-0.3, -0.25) is 14.4 Å². The van der Waals surface area contributed by atoms with E-state index < -0.39 is 235 Å². The van der Waals surface area contributed by atoms with Crippen molar-refractivity contribution < 1.29 is 153 Å². The number of aliphatic hydroxyl groups is 16. The molecule has 0 bridgehead atoms. The maximum absolute atomic E-state index is 13.6. The molecular weight excluding hydrogens is 1510 g/mol. The van der Waals surface area contributed by atoms with Crippen molar-refractivity contribution in [1.29, 1.82) is 0 Å². The number of unbranched alkanes of at least 4 members (excludes halogenated alkanes) is 30. The molecule has 3 amide bonds. The largest absolute Gasteiger partial charge is 0.477 e. The van der Waals surface area contributed by atoms with Crippen LogP contribution in [0.1, 0.15) is 252 Å². The molecule has 34 nitrogen and oxygen atoms in total. The lowest BCUT2D eigenvalue weighted by atomic mass is 9.88. The molecule has 115 heavy (non-hydrogen) atoms. The third-order valence-corrected chi connectivity index (χ3v) is 22.2. The monoisotopic (exact) mass is 1660 g/mol. The van der Waals surface area contributed by atoms with Gasteiger partial charge in [-0.1, -0.05) is 205 Å². The maximum Gasteiger partial charge on any atom is 0.364 e. The summed E-state index contributed by atoms with van der Waals surface area (Å²) in [7, 11) is 0. The second kappa shape index (κ2) is 56.1. The fourth-order valence-corrected chi connectivity index (χ4v) is 15.4. The van der Waals surface area contributed by atoms with Crippen molar-refractivity contribution in [1.82, 2.24) is 16.0 Å². The predicted molar refractivity (Wildman–Crippen MR) is 415 cm³/mol. The molecule has 5 rings (SSSR count). The molecule has 5 heterocycles. The number of aliphatic carboxylic acids is 1. The van der Waals surface area contributed by atoms with Crippen LogP contribution in [0.15, 0.2) is 24.3 Å². The Bertz CT molecular complexity index is 2700. The molecule has 28 atom stereocenters. The Hall–Kier alpha value is -3.68. The fourth-order valence-electron chi connectivity index (χ4n) is 15.4. The second-order valence-corrected chi connectivity index (χ2v) is 31.7. The highest BCUT2D eigenvalue weighted by Crippen LogP contribution is 2.40. The van der Waals surface area contributed by atoms with Crippen LogP contribution >= 0.6 is 0 Å². The van der Waals surface area contributed by atoms with Gasteiger partial charge in [0, 0.05) is 26.7 Å². The van der Waals surface area contributed by atoms with E-state index in [1.54, 1.807) is 6.08 Å². The molecule has 20 N–H and O–H groups in total. The van der Waals surface area contributed by atoms with Crippen LogP contribution in [0.2, 0.25) is 0 Å².